The largest absolute Gasteiger partial charge is 0.193 e. The van der Waals surface area contributed by atoms with E-state index in [4.69, 9.17) is 5.26 Å². The second kappa shape index (κ2) is 14.2. The topological polar surface area (TPSA) is 23.8 Å². The normalized spacial score (nSPS) is 10.8. The molecule has 0 rings (SSSR count). The average Bonchev–Trinajstić information content (AvgIpc) is 2.31. The van der Waals surface area contributed by atoms with E-state index in [0.717, 1.165) is 6.42 Å². The first-order chi connectivity index (χ1) is 7.91. The third kappa shape index (κ3) is 13.2. The summed E-state index contributed by atoms with van der Waals surface area (Å²) in [5.74, 6) is 0. The van der Waals surface area contributed by atoms with E-state index in [1.807, 2.05) is 12.1 Å². The molecule has 0 atom stereocenters. The van der Waals surface area contributed by atoms with E-state index in [2.05, 4.69) is 6.92 Å². The zero-order valence-corrected chi connectivity index (χ0v) is 10.9. The highest BCUT2D eigenvalue weighted by Gasteiger charge is 1.91. The zero-order chi connectivity index (χ0) is 11.9. The highest BCUT2D eigenvalue weighted by molar-refractivity contribution is 5.01. The molecule has 0 radical (unpaired) electrons. The third-order valence-corrected chi connectivity index (χ3v) is 2.92. The minimum Gasteiger partial charge on any atom is -0.193 e. The highest BCUT2D eigenvalue weighted by atomic mass is 14.2. The van der Waals surface area contributed by atoms with Gasteiger partial charge in [-0.3, -0.25) is 0 Å². The lowest BCUT2D eigenvalue weighted by Crippen LogP contribution is -1.81. The average molecular weight is 221 g/mol. The maximum atomic E-state index is 8.29. The molecule has 0 saturated carbocycles. The molecule has 0 fully saturated rings. The second-order valence-electron chi connectivity index (χ2n) is 4.50. The van der Waals surface area contributed by atoms with Crippen LogP contribution >= 0.6 is 0 Å². The van der Waals surface area contributed by atoms with Crippen LogP contribution in [0.2, 0.25) is 0 Å². The Labute approximate surface area is 102 Å². The summed E-state index contributed by atoms with van der Waals surface area (Å²) in [6.07, 6.45) is 18.4. The van der Waals surface area contributed by atoms with E-state index in [9.17, 15) is 0 Å². The van der Waals surface area contributed by atoms with Crippen molar-refractivity contribution in [3.63, 3.8) is 0 Å². The van der Waals surface area contributed by atoms with Gasteiger partial charge in [0.05, 0.1) is 6.07 Å². The lowest BCUT2D eigenvalue weighted by molar-refractivity contribution is 0.557. The Morgan fingerprint density at radius 2 is 1.31 bits per heavy atom. The molecule has 0 heterocycles. The van der Waals surface area contributed by atoms with Crippen LogP contribution in [0.15, 0.2) is 12.2 Å². The lowest BCUT2D eigenvalue weighted by Gasteiger charge is -2.01. The summed E-state index contributed by atoms with van der Waals surface area (Å²) in [5, 5.41) is 8.29. The molecule has 0 saturated heterocycles. The first-order valence-corrected chi connectivity index (χ1v) is 6.96. The Kier molecular flexibility index (Phi) is 13.5. The van der Waals surface area contributed by atoms with Gasteiger partial charge in [-0.2, -0.15) is 5.26 Å². The summed E-state index contributed by atoms with van der Waals surface area (Å²) in [4.78, 5) is 0. The second-order valence-corrected chi connectivity index (χ2v) is 4.50. The summed E-state index contributed by atoms with van der Waals surface area (Å²) in [6, 6.07) is 2.02. The van der Waals surface area contributed by atoms with Gasteiger partial charge in [-0.1, -0.05) is 70.8 Å². The molecule has 92 valence electrons. The summed E-state index contributed by atoms with van der Waals surface area (Å²) in [5.41, 5.74) is 0. The molecule has 0 aliphatic rings. The minimum atomic E-state index is 1.07. The maximum Gasteiger partial charge on any atom is 0.0908 e. The summed E-state index contributed by atoms with van der Waals surface area (Å²) in [6.45, 7) is 2.26. The molecule has 0 amide bonds. The van der Waals surface area contributed by atoms with Gasteiger partial charge in [0.2, 0.25) is 0 Å². The number of unbranched alkanes of at least 4 members (excludes halogenated alkanes) is 10. The van der Waals surface area contributed by atoms with E-state index in [1.54, 1.807) is 6.08 Å². The van der Waals surface area contributed by atoms with E-state index < -0.39 is 0 Å². The van der Waals surface area contributed by atoms with Gasteiger partial charge >= 0.3 is 0 Å². The quantitative estimate of drug-likeness (QED) is 0.339. The van der Waals surface area contributed by atoms with Crippen LogP contribution in [0.4, 0.5) is 0 Å². The van der Waals surface area contributed by atoms with Gasteiger partial charge < -0.3 is 0 Å². The summed E-state index contributed by atoms with van der Waals surface area (Å²) >= 11 is 0. The Morgan fingerprint density at radius 1 is 0.812 bits per heavy atom. The van der Waals surface area contributed by atoms with Crippen molar-refractivity contribution in [3.8, 4) is 6.07 Å². The predicted molar refractivity (Wildman–Crippen MR) is 71.2 cm³/mol. The molecule has 1 heteroatoms. The molecule has 0 aromatic heterocycles. The zero-order valence-electron chi connectivity index (χ0n) is 10.9. The Bertz CT molecular complexity index is 188. The summed E-state index contributed by atoms with van der Waals surface area (Å²) in [7, 11) is 0. The number of hydrogen-bond donors (Lipinski definition) is 0. The molecule has 0 spiro atoms. The third-order valence-electron chi connectivity index (χ3n) is 2.92. The maximum absolute atomic E-state index is 8.29. The van der Waals surface area contributed by atoms with Crippen molar-refractivity contribution in [2.75, 3.05) is 0 Å². The first-order valence-electron chi connectivity index (χ1n) is 6.96. The van der Waals surface area contributed by atoms with Gasteiger partial charge in [-0.25, -0.2) is 0 Å². The number of rotatable bonds is 11. The number of nitriles is 1. The fraction of sp³-hybridized carbons (Fsp3) is 0.800. The van der Waals surface area contributed by atoms with E-state index in [0.29, 0.717) is 0 Å². The van der Waals surface area contributed by atoms with Crippen LogP contribution in [-0.2, 0) is 0 Å². The number of allylic oxidation sites excluding steroid dienone is 2. The molecule has 0 aromatic rings. The van der Waals surface area contributed by atoms with E-state index >= 15 is 0 Å². The van der Waals surface area contributed by atoms with E-state index in [-0.39, 0.29) is 0 Å². The van der Waals surface area contributed by atoms with Gasteiger partial charge in [0, 0.05) is 6.08 Å². The number of nitrogens with zero attached hydrogens (tertiary/aromatic N) is 1. The van der Waals surface area contributed by atoms with Gasteiger partial charge in [-0.15, -0.1) is 0 Å². The van der Waals surface area contributed by atoms with Gasteiger partial charge in [-0.05, 0) is 12.8 Å². The SMILES string of the molecule is CCCCCCCCCCCC/C=C/C#N. The molecule has 0 bridgehead atoms. The molecule has 1 nitrogen and oxygen atoms in total. The predicted octanol–water partition coefficient (Wildman–Crippen LogP) is 5.38. The minimum absolute atomic E-state index is 1.07. The fourth-order valence-corrected chi connectivity index (χ4v) is 1.89. The Morgan fingerprint density at radius 3 is 1.81 bits per heavy atom. The molecular weight excluding hydrogens is 194 g/mol. The van der Waals surface area contributed by atoms with Crippen LogP contribution in [-0.4, -0.2) is 0 Å². The smallest absolute Gasteiger partial charge is 0.0908 e. The van der Waals surface area contributed by atoms with Crippen molar-refractivity contribution in [2.24, 2.45) is 0 Å². The molecular formula is C15H27N. The summed E-state index contributed by atoms with van der Waals surface area (Å²) < 4.78 is 0. The Hall–Kier alpha value is -0.770. The van der Waals surface area contributed by atoms with Crippen LogP contribution in [0.1, 0.15) is 77.6 Å². The van der Waals surface area contributed by atoms with Crippen molar-refractivity contribution in [1.82, 2.24) is 0 Å². The van der Waals surface area contributed by atoms with Crippen LogP contribution in [0.3, 0.4) is 0 Å². The molecule has 16 heavy (non-hydrogen) atoms. The van der Waals surface area contributed by atoms with Crippen molar-refractivity contribution < 1.29 is 0 Å². The molecule has 0 aliphatic carbocycles. The van der Waals surface area contributed by atoms with Crippen LogP contribution in [0, 0.1) is 11.3 Å². The van der Waals surface area contributed by atoms with Crippen LogP contribution in [0.5, 0.6) is 0 Å². The van der Waals surface area contributed by atoms with Crippen LogP contribution < -0.4 is 0 Å². The molecule has 0 aromatic carbocycles. The monoisotopic (exact) mass is 221 g/mol. The van der Waals surface area contributed by atoms with Crippen molar-refractivity contribution >= 4 is 0 Å². The van der Waals surface area contributed by atoms with Gasteiger partial charge in [0.25, 0.3) is 0 Å². The van der Waals surface area contributed by atoms with Gasteiger partial charge in [0.1, 0.15) is 0 Å². The Balaban J connectivity index is 2.94. The molecule has 0 N–H and O–H groups in total. The van der Waals surface area contributed by atoms with Crippen molar-refractivity contribution in [2.45, 2.75) is 77.6 Å². The van der Waals surface area contributed by atoms with Crippen LogP contribution in [0.25, 0.3) is 0 Å². The molecule has 0 unspecified atom stereocenters. The standard InChI is InChI=1S/C15H27N/c1-2-3-4-5-6-7-8-9-10-11-12-13-14-15-16/h13-14H,2-12H2,1H3/b14-13+. The lowest BCUT2D eigenvalue weighted by atomic mass is 10.1. The van der Waals surface area contributed by atoms with E-state index in [1.165, 1.54) is 64.2 Å². The van der Waals surface area contributed by atoms with Gasteiger partial charge in [0.15, 0.2) is 0 Å². The highest BCUT2D eigenvalue weighted by Crippen LogP contribution is 2.11. The molecule has 0 aliphatic heterocycles. The first kappa shape index (κ1) is 15.2. The fourth-order valence-electron chi connectivity index (χ4n) is 1.89. The van der Waals surface area contributed by atoms with Crippen molar-refractivity contribution in [1.29, 1.82) is 5.26 Å². The number of hydrogen-bond acceptors (Lipinski definition) is 1. The van der Waals surface area contributed by atoms with Crippen molar-refractivity contribution in [3.05, 3.63) is 12.2 Å².